The van der Waals surface area contributed by atoms with Gasteiger partial charge in [0, 0.05) is 23.5 Å². The van der Waals surface area contributed by atoms with E-state index in [9.17, 15) is 9.59 Å². The van der Waals surface area contributed by atoms with Crippen LogP contribution in [-0.4, -0.2) is 5.78 Å². The molecule has 0 amide bonds. The number of carbonyl (C=O) groups excluding carboxylic acids is 1. The van der Waals surface area contributed by atoms with Crippen LogP contribution in [0.3, 0.4) is 0 Å². The van der Waals surface area contributed by atoms with Gasteiger partial charge in [-0.25, -0.2) is 0 Å². The molecule has 1 aromatic heterocycles. The van der Waals surface area contributed by atoms with E-state index in [2.05, 4.69) is 78.1 Å². The van der Waals surface area contributed by atoms with Crippen molar-refractivity contribution in [3.05, 3.63) is 100.0 Å². The molecule has 1 heterocycles. The summed E-state index contributed by atoms with van der Waals surface area (Å²) in [6.07, 6.45) is 14.2. The highest BCUT2D eigenvalue weighted by molar-refractivity contribution is 5.99. The maximum Gasteiger partial charge on any atom is 0.196 e. The van der Waals surface area contributed by atoms with E-state index in [0.717, 1.165) is 30.4 Å². The second-order valence-corrected chi connectivity index (χ2v) is 12.0. The van der Waals surface area contributed by atoms with Gasteiger partial charge >= 0.3 is 0 Å². The van der Waals surface area contributed by atoms with Gasteiger partial charge in [-0.1, -0.05) is 68.9 Å². The van der Waals surface area contributed by atoms with Gasteiger partial charge in [0.25, 0.3) is 0 Å². The minimum Gasteiger partial charge on any atom is -0.460 e. The second-order valence-electron chi connectivity index (χ2n) is 12.0. The van der Waals surface area contributed by atoms with Crippen molar-refractivity contribution in [1.29, 1.82) is 0 Å². The summed E-state index contributed by atoms with van der Waals surface area (Å²) in [5, 5.41) is 0. The molecule has 3 unspecified atom stereocenters. The second kappa shape index (κ2) is 11.3. The number of fused-ring (bicyclic) bond motifs is 2. The fraction of sp³-hybridized carbons (Fsp3) is 0.429. The molecule has 0 N–H and O–H groups in total. The maximum absolute atomic E-state index is 14.2. The van der Waals surface area contributed by atoms with E-state index in [0.29, 0.717) is 30.3 Å². The smallest absolute Gasteiger partial charge is 0.196 e. The van der Waals surface area contributed by atoms with Crippen LogP contribution < -0.4 is 5.43 Å². The molecule has 0 saturated heterocycles. The number of Topliss-reactive ketones (excluding diaryl/α,β-unsaturated/α-hetero) is 1. The first kappa shape index (κ1) is 27.8. The van der Waals surface area contributed by atoms with Crippen LogP contribution in [0.25, 0.3) is 17.4 Å². The summed E-state index contributed by atoms with van der Waals surface area (Å²) in [5.41, 5.74) is 4.23. The van der Waals surface area contributed by atoms with Crippen LogP contribution in [0.15, 0.2) is 76.5 Å². The molecule has 0 spiro atoms. The van der Waals surface area contributed by atoms with E-state index in [1.807, 2.05) is 18.2 Å². The average Bonchev–Trinajstić information content (AvgIpc) is 2.87. The van der Waals surface area contributed by atoms with Crippen molar-refractivity contribution in [2.75, 3.05) is 0 Å². The zero-order valence-corrected chi connectivity index (χ0v) is 23.7. The Morgan fingerprint density at radius 3 is 2.50 bits per heavy atom. The first-order valence-electron chi connectivity index (χ1n) is 14.0. The Balaban J connectivity index is 1.90. The van der Waals surface area contributed by atoms with Gasteiger partial charge in [-0.2, -0.15) is 0 Å². The van der Waals surface area contributed by atoms with Crippen LogP contribution in [-0.2, 0) is 0 Å². The summed E-state index contributed by atoms with van der Waals surface area (Å²) in [7, 11) is 0. The van der Waals surface area contributed by atoms with Gasteiger partial charge in [-0.05, 0) is 80.4 Å². The lowest BCUT2D eigenvalue weighted by molar-refractivity contribution is 0.0591. The highest BCUT2D eigenvalue weighted by Gasteiger charge is 2.45. The Kier molecular flexibility index (Phi) is 8.25. The van der Waals surface area contributed by atoms with E-state index in [1.165, 1.54) is 17.2 Å². The molecule has 3 nitrogen and oxygen atoms in total. The fourth-order valence-electron chi connectivity index (χ4n) is 6.34. The monoisotopic (exact) mass is 510 g/mol. The lowest BCUT2D eigenvalue weighted by atomic mass is 9.60. The lowest BCUT2D eigenvalue weighted by Crippen LogP contribution is -2.42. The Morgan fingerprint density at radius 1 is 1.08 bits per heavy atom. The molecule has 0 aliphatic heterocycles. The fourth-order valence-corrected chi connectivity index (χ4v) is 6.34. The SMILES string of the molecule is C=CCC1C[C@@H](CC=C(C)C)C(C)(C)C(CC=C)C(=O)c2c1oc(-c1ccc3c(c1)C=CCC3C)cc2=O. The standard InChI is InChI=1S/C35H42O3/c1-8-11-26-20-27(17-15-22(3)4)35(6,7)29(12-9-2)33(37)32-30(36)21-31(38-34(26)32)25-16-18-28-23(5)13-10-14-24(28)19-25/h8-10,14-16,18-19,21,23,26-27,29H,1-2,11-13,17,20H2,3-7H3/t23?,26?,27-,29?/m1/s1. The molecule has 0 fully saturated rings. The van der Waals surface area contributed by atoms with Gasteiger partial charge in [0.15, 0.2) is 11.2 Å². The predicted octanol–water partition coefficient (Wildman–Crippen LogP) is 9.26. The molecular formula is C35H42O3. The van der Waals surface area contributed by atoms with Crippen molar-refractivity contribution >= 4 is 11.9 Å². The first-order valence-corrected chi connectivity index (χ1v) is 14.0. The molecule has 4 atom stereocenters. The normalized spacial score (nSPS) is 24.0. The van der Waals surface area contributed by atoms with Crippen LogP contribution in [0.4, 0.5) is 0 Å². The van der Waals surface area contributed by atoms with Crippen molar-refractivity contribution in [3.8, 4) is 11.3 Å². The quantitative estimate of drug-likeness (QED) is 0.349. The summed E-state index contributed by atoms with van der Waals surface area (Å²) >= 11 is 0. The van der Waals surface area contributed by atoms with Gasteiger partial charge in [0.05, 0.1) is 0 Å². The van der Waals surface area contributed by atoms with E-state index in [-0.39, 0.29) is 39.9 Å². The number of rotatable bonds is 7. The number of hydrogen-bond donors (Lipinski definition) is 0. The molecule has 1 aromatic carbocycles. The molecule has 38 heavy (non-hydrogen) atoms. The van der Waals surface area contributed by atoms with Crippen molar-refractivity contribution in [1.82, 2.24) is 0 Å². The topological polar surface area (TPSA) is 47.3 Å². The van der Waals surface area contributed by atoms with Crippen LogP contribution in [0.5, 0.6) is 0 Å². The summed E-state index contributed by atoms with van der Waals surface area (Å²) in [6.45, 7) is 18.7. The molecule has 2 aromatic rings. The summed E-state index contributed by atoms with van der Waals surface area (Å²) < 4.78 is 6.59. The Hall–Kier alpha value is -3.20. The number of carbonyl (C=O) groups is 1. The van der Waals surface area contributed by atoms with E-state index in [4.69, 9.17) is 4.42 Å². The van der Waals surface area contributed by atoms with E-state index >= 15 is 0 Å². The van der Waals surface area contributed by atoms with Crippen LogP contribution >= 0.6 is 0 Å². The summed E-state index contributed by atoms with van der Waals surface area (Å²) in [6, 6.07) is 7.79. The van der Waals surface area contributed by atoms with Crippen molar-refractivity contribution < 1.29 is 9.21 Å². The van der Waals surface area contributed by atoms with Gasteiger partial charge < -0.3 is 4.42 Å². The summed E-state index contributed by atoms with van der Waals surface area (Å²) in [5.74, 6) is 1.16. The maximum atomic E-state index is 14.2. The van der Waals surface area contributed by atoms with Crippen LogP contribution in [0.1, 0.15) is 106 Å². The zero-order chi connectivity index (χ0) is 27.6. The van der Waals surface area contributed by atoms with E-state index in [1.54, 1.807) is 0 Å². The zero-order valence-electron chi connectivity index (χ0n) is 23.7. The van der Waals surface area contributed by atoms with Crippen molar-refractivity contribution in [2.24, 2.45) is 17.3 Å². The molecule has 0 saturated carbocycles. The minimum absolute atomic E-state index is 0.101. The molecule has 200 valence electrons. The van der Waals surface area contributed by atoms with Crippen LogP contribution in [0, 0.1) is 17.3 Å². The third kappa shape index (κ3) is 5.34. The Morgan fingerprint density at radius 2 is 1.82 bits per heavy atom. The van der Waals surface area contributed by atoms with Gasteiger partial charge in [-0.15, -0.1) is 13.2 Å². The van der Waals surface area contributed by atoms with Gasteiger partial charge in [-0.3, -0.25) is 9.59 Å². The first-order chi connectivity index (χ1) is 18.1. The third-order valence-electron chi connectivity index (χ3n) is 8.78. The number of benzene rings is 1. The molecule has 3 heteroatoms. The molecule has 0 bridgehead atoms. The molecule has 0 radical (unpaired) electrons. The largest absolute Gasteiger partial charge is 0.460 e. The highest BCUT2D eigenvalue weighted by Crippen LogP contribution is 2.49. The van der Waals surface area contributed by atoms with Gasteiger partial charge in [0.2, 0.25) is 0 Å². The molecular weight excluding hydrogens is 468 g/mol. The van der Waals surface area contributed by atoms with E-state index < -0.39 is 0 Å². The number of hydrogen-bond acceptors (Lipinski definition) is 3. The Labute approximate surface area is 228 Å². The average molecular weight is 511 g/mol. The lowest BCUT2D eigenvalue weighted by Gasteiger charge is -2.43. The predicted molar refractivity (Wildman–Crippen MR) is 159 cm³/mol. The molecule has 2 aliphatic rings. The minimum atomic E-state index is -0.344. The summed E-state index contributed by atoms with van der Waals surface area (Å²) in [4.78, 5) is 27.9. The molecule has 4 rings (SSSR count). The van der Waals surface area contributed by atoms with Crippen molar-refractivity contribution in [3.63, 3.8) is 0 Å². The van der Waals surface area contributed by atoms with Crippen LogP contribution in [0.2, 0.25) is 0 Å². The van der Waals surface area contributed by atoms with Gasteiger partial charge in [0.1, 0.15) is 17.1 Å². The third-order valence-corrected chi connectivity index (χ3v) is 8.78. The number of allylic oxidation sites excluding steroid dienone is 5. The highest BCUT2D eigenvalue weighted by atomic mass is 16.3. The number of ketones is 1. The Bertz CT molecular complexity index is 1350. The van der Waals surface area contributed by atoms with Crippen molar-refractivity contribution in [2.45, 2.75) is 78.6 Å². The molecule has 2 aliphatic carbocycles.